The molecule has 5 aliphatic carbocycles. The summed E-state index contributed by atoms with van der Waals surface area (Å²) >= 11 is 0. The molecule has 3 heteroatoms. The summed E-state index contributed by atoms with van der Waals surface area (Å²) < 4.78 is 4.84. The van der Waals surface area contributed by atoms with Crippen molar-refractivity contribution in [2.45, 2.75) is 139 Å². The molecule has 10 atom stereocenters. The molecule has 0 aliphatic heterocycles. The van der Waals surface area contributed by atoms with E-state index in [9.17, 15) is 9.59 Å². The highest BCUT2D eigenvalue weighted by Crippen LogP contribution is 2.78. The fourth-order valence-corrected chi connectivity index (χ4v) is 12.9. The van der Waals surface area contributed by atoms with Crippen molar-refractivity contribution in [1.82, 2.24) is 0 Å². The van der Waals surface area contributed by atoms with Crippen molar-refractivity contribution in [2.24, 2.45) is 62.6 Å². The van der Waals surface area contributed by atoms with Crippen LogP contribution in [0.4, 0.5) is 0 Å². The third kappa shape index (κ3) is 4.52. The van der Waals surface area contributed by atoms with E-state index in [2.05, 4.69) is 60.3 Å². The lowest BCUT2D eigenvalue weighted by atomic mass is 9.32. The maximum absolute atomic E-state index is 12.4. The highest BCUT2D eigenvalue weighted by molar-refractivity contribution is 6.01. The quantitative estimate of drug-likeness (QED) is 0.148. The van der Waals surface area contributed by atoms with Crippen LogP contribution in [0.3, 0.4) is 0 Å². The maximum atomic E-state index is 12.4. The van der Waals surface area contributed by atoms with Crippen LogP contribution in [-0.2, 0) is 14.3 Å². The minimum absolute atomic E-state index is 0.127. The Kier molecular flexibility index (Phi) is 7.88. The summed E-state index contributed by atoms with van der Waals surface area (Å²) in [5.41, 5.74) is 2.33. The van der Waals surface area contributed by atoms with Crippen LogP contribution in [0.1, 0.15) is 139 Å². The Hall–Kier alpha value is -1.30. The van der Waals surface area contributed by atoms with Gasteiger partial charge in [0.25, 0.3) is 0 Å². The Labute approximate surface area is 245 Å². The number of carbonyl (C=O) groups excluding carboxylic acids is 2. The molecule has 0 spiro atoms. The number of ketones is 1. The molecule has 0 aromatic carbocycles. The summed E-state index contributed by atoms with van der Waals surface area (Å²) in [7, 11) is 0. The van der Waals surface area contributed by atoms with Gasteiger partial charge in [0, 0.05) is 12.3 Å². The summed E-state index contributed by atoms with van der Waals surface area (Å²) in [4.78, 5) is 23.9. The van der Waals surface area contributed by atoms with Crippen molar-refractivity contribution in [3.63, 3.8) is 0 Å². The minimum Gasteiger partial charge on any atom is -0.456 e. The molecule has 5 fully saturated rings. The zero-order valence-corrected chi connectivity index (χ0v) is 27.1. The number of hydrogen-bond acceptors (Lipinski definition) is 3. The number of rotatable bonds is 5. The molecule has 0 aromatic heterocycles. The molecular weight excluding hydrogens is 492 g/mol. The van der Waals surface area contributed by atoms with Crippen LogP contribution in [0, 0.1) is 74.4 Å². The number of Topliss-reactive ketones (excluding diaryl/α,β-unsaturated/α-hetero) is 1. The molecule has 40 heavy (non-hydrogen) atoms. The fourth-order valence-electron chi connectivity index (χ4n) is 12.9. The first-order valence-corrected chi connectivity index (χ1v) is 16.9. The molecule has 0 heterocycles. The van der Waals surface area contributed by atoms with Gasteiger partial charge in [0.1, 0.15) is 0 Å². The lowest BCUT2D eigenvalue weighted by Gasteiger charge is -2.73. The van der Waals surface area contributed by atoms with Crippen LogP contribution < -0.4 is 0 Å². The predicted molar refractivity (Wildman–Crippen MR) is 162 cm³/mol. The Bertz CT molecular complexity index is 1060. The van der Waals surface area contributed by atoms with Crippen LogP contribution in [0.25, 0.3) is 0 Å². The van der Waals surface area contributed by atoms with E-state index in [-0.39, 0.29) is 5.78 Å². The van der Waals surface area contributed by atoms with E-state index in [1.54, 1.807) is 6.92 Å². The lowest BCUT2D eigenvalue weighted by Crippen LogP contribution is -2.65. The molecule has 0 aromatic rings. The van der Waals surface area contributed by atoms with Crippen molar-refractivity contribution in [2.75, 3.05) is 6.61 Å². The van der Waals surface area contributed by atoms with Gasteiger partial charge in [-0.25, -0.2) is 4.79 Å². The summed E-state index contributed by atoms with van der Waals surface area (Å²) in [5.74, 6) is 8.74. The Morgan fingerprint density at radius 1 is 0.775 bits per heavy atom. The molecule has 0 radical (unpaired) electrons. The van der Waals surface area contributed by atoms with Crippen LogP contribution in [0.5, 0.6) is 0 Å². The first-order chi connectivity index (χ1) is 18.7. The number of fused-ring (bicyclic) bond motifs is 7. The SMILES string of the molecule is CCOC(=O)C#CC(=O)CC[C@@H](C)[C@H]1CC[C@]2(C)[C@H]3CC[C@@H]4[C@@]5(C)CCCC(C)(C)[C@@H]5CC[C@@]4(C)[C@]3(C)CC[C@@H]12. The van der Waals surface area contributed by atoms with Gasteiger partial charge >= 0.3 is 5.97 Å². The van der Waals surface area contributed by atoms with Gasteiger partial charge in [-0.1, -0.05) is 54.9 Å². The van der Waals surface area contributed by atoms with Gasteiger partial charge in [-0.15, -0.1) is 0 Å². The van der Waals surface area contributed by atoms with Gasteiger partial charge in [0.05, 0.1) is 6.61 Å². The summed E-state index contributed by atoms with van der Waals surface area (Å²) in [6.07, 6.45) is 16.8. The molecule has 3 nitrogen and oxygen atoms in total. The van der Waals surface area contributed by atoms with E-state index in [0.717, 1.165) is 30.1 Å². The number of ether oxygens (including phenoxy) is 1. The van der Waals surface area contributed by atoms with E-state index < -0.39 is 5.97 Å². The van der Waals surface area contributed by atoms with Gasteiger partial charge in [-0.05, 0) is 146 Å². The number of carbonyl (C=O) groups is 2. The minimum atomic E-state index is -0.598. The van der Waals surface area contributed by atoms with Gasteiger partial charge in [-0.2, -0.15) is 0 Å². The monoisotopic (exact) mass is 550 g/mol. The Balaban J connectivity index is 1.30. The molecule has 5 aliphatic rings. The van der Waals surface area contributed by atoms with E-state index in [1.165, 1.54) is 70.6 Å². The summed E-state index contributed by atoms with van der Waals surface area (Å²) in [5, 5.41) is 0. The third-order valence-corrected chi connectivity index (χ3v) is 14.9. The van der Waals surface area contributed by atoms with Crippen molar-refractivity contribution in [3.8, 4) is 11.8 Å². The van der Waals surface area contributed by atoms with Crippen LogP contribution in [0.2, 0.25) is 0 Å². The zero-order chi connectivity index (χ0) is 29.1. The van der Waals surface area contributed by atoms with Crippen molar-refractivity contribution in [3.05, 3.63) is 0 Å². The van der Waals surface area contributed by atoms with Crippen LogP contribution in [0.15, 0.2) is 0 Å². The van der Waals surface area contributed by atoms with E-state index in [1.807, 2.05) is 0 Å². The molecule has 0 saturated heterocycles. The molecule has 0 N–H and O–H groups in total. The Morgan fingerprint density at radius 3 is 2.10 bits per heavy atom. The smallest absolute Gasteiger partial charge is 0.384 e. The number of esters is 1. The molecule has 0 unspecified atom stereocenters. The molecule has 0 bridgehead atoms. The van der Waals surface area contributed by atoms with E-state index in [4.69, 9.17) is 4.74 Å². The maximum Gasteiger partial charge on any atom is 0.384 e. The summed E-state index contributed by atoms with van der Waals surface area (Å²) in [6.45, 7) is 20.5. The van der Waals surface area contributed by atoms with E-state index >= 15 is 0 Å². The average Bonchev–Trinajstić information content (AvgIpc) is 3.23. The molecule has 5 saturated carbocycles. The van der Waals surface area contributed by atoms with Crippen molar-refractivity contribution in [1.29, 1.82) is 0 Å². The van der Waals surface area contributed by atoms with Crippen molar-refractivity contribution < 1.29 is 14.3 Å². The second kappa shape index (κ2) is 10.5. The second-order valence-corrected chi connectivity index (χ2v) is 16.7. The van der Waals surface area contributed by atoms with Gasteiger partial charge in [0.2, 0.25) is 5.78 Å². The second-order valence-electron chi connectivity index (χ2n) is 16.7. The van der Waals surface area contributed by atoms with Gasteiger partial charge < -0.3 is 4.74 Å². The normalized spacial score (nSPS) is 46.0. The fraction of sp³-hybridized carbons (Fsp3) is 0.892. The van der Waals surface area contributed by atoms with Gasteiger partial charge in [0.15, 0.2) is 0 Å². The van der Waals surface area contributed by atoms with Crippen LogP contribution in [-0.4, -0.2) is 18.4 Å². The molecular formula is C37H58O3. The molecule has 224 valence electrons. The summed E-state index contributed by atoms with van der Waals surface area (Å²) in [6, 6.07) is 0. The highest BCUT2D eigenvalue weighted by atomic mass is 16.5. The predicted octanol–water partition coefficient (Wildman–Crippen LogP) is 9.03. The van der Waals surface area contributed by atoms with Gasteiger partial charge in [-0.3, -0.25) is 4.79 Å². The molecule has 5 rings (SSSR count). The first-order valence-electron chi connectivity index (χ1n) is 16.9. The topological polar surface area (TPSA) is 43.4 Å². The standard InChI is InChI=1S/C37H58O3/c1-9-40-32(39)16-13-26(38)12-11-25(2)27-17-22-34(5)28(27)18-23-36(7)30(34)14-15-31-35(6)21-10-20-33(3,4)29(35)19-24-37(31,36)8/h25,27-31H,9-12,14-15,17-24H2,1-8H3/t25-,27-,28+,29+,30-,31-,34+,35+,36-,37-/m1/s1. The first kappa shape index (κ1) is 30.2. The number of hydrogen-bond donors (Lipinski definition) is 0. The van der Waals surface area contributed by atoms with Crippen LogP contribution >= 0.6 is 0 Å². The van der Waals surface area contributed by atoms with Crippen molar-refractivity contribution >= 4 is 11.8 Å². The Morgan fingerprint density at radius 2 is 1.43 bits per heavy atom. The molecule has 0 amide bonds. The average molecular weight is 551 g/mol. The van der Waals surface area contributed by atoms with E-state index in [0.29, 0.717) is 51.9 Å². The largest absolute Gasteiger partial charge is 0.456 e. The highest BCUT2D eigenvalue weighted by Gasteiger charge is 2.70. The zero-order valence-electron chi connectivity index (χ0n) is 27.1. The lowest BCUT2D eigenvalue weighted by molar-refractivity contribution is -0.241. The third-order valence-electron chi connectivity index (χ3n) is 14.9.